The number of hydrogen-bond donors (Lipinski definition) is 0. The van der Waals surface area contributed by atoms with Crippen LogP contribution in [0.4, 0.5) is 0 Å². The standard InChI is InChI=1S/C19H32N2O2/c1-14(2)15-6-10-20(11-7-15)19(23)17-8-12-21(13-9-17)18(22)16-4-3-5-16/h14-17H,3-13H2,1-2H3. The molecule has 2 amide bonds. The molecule has 0 N–H and O–H groups in total. The average Bonchev–Trinajstić information content (AvgIpc) is 2.53. The molecule has 3 rings (SSSR count). The second-order valence-electron chi connectivity index (χ2n) is 8.13. The highest BCUT2D eigenvalue weighted by molar-refractivity contribution is 5.81. The van der Waals surface area contributed by atoms with E-state index in [0.29, 0.717) is 11.8 Å². The van der Waals surface area contributed by atoms with Gasteiger partial charge in [0.25, 0.3) is 0 Å². The highest BCUT2D eigenvalue weighted by Gasteiger charge is 2.35. The molecule has 1 saturated carbocycles. The molecule has 1 aliphatic carbocycles. The first-order chi connectivity index (χ1) is 11.1. The van der Waals surface area contributed by atoms with Crippen LogP contribution in [0.1, 0.15) is 58.8 Å². The van der Waals surface area contributed by atoms with Gasteiger partial charge in [-0.15, -0.1) is 0 Å². The van der Waals surface area contributed by atoms with Gasteiger partial charge < -0.3 is 9.80 Å². The van der Waals surface area contributed by atoms with E-state index in [1.807, 2.05) is 4.90 Å². The lowest BCUT2D eigenvalue weighted by atomic mass is 9.83. The lowest BCUT2D eigenvalue weighted by molar-refractivity contribution is -0.144. The fourth-order valence-electron chi connectivity index (χ4n) is 4.30. The third-order valence-corrected chi connectivity index (χ3v) is 6.40. The molecule has 4 nitrogen and oxygen atoms in total. The van der Waals surface area contributed by atoms with E-state index in [1.165, 1.54) is 6.42 Å². The summed E-state index contributed by atoms with van der Waals surface area (Å²) in [6.07, 6.45) is 7.39. The van der Waals surface area contributed by atoms with Crippen molar-refractivity contribution in [2.75, 3.05) is 26.2 Å². The maximum atomic E-state index is 12.7. The molecule has 0 bridgehead atoms. The number of rotatable bonds is 3. The Kier molecular flexibility index (Phi) is 5.27. The maximum Gasteiger partial charge on any atom is 0.225 e. The van der Waals surface area contributed by atoms with Crippen molar-refractivity contribution in [1.29, 1.82) is 0 Å². The largest absolute Gasteiger partial charge is 0.342 e. The highest BCUT2D eigenvalue weighted by atomic mass is 16.2. The molecular weight excluding hydrogens is 288 g/mol. The van der Waals surface area contributed by atoms with Gasteiger partial charge in [-0.05, 0) is 50.4 Å². The monoisotopic (exact) mass is 320 g/mol. The molecule has 0 spiro atoms. The van der Waals surface area contributed by atoms with Crippen LogP contribution in [0.3, 0.4) is 0 Å². The van der Waals surface area contributed by atoms with Crippen LogP contribution >= 0.6 is 0 Å². The predicted octanol–water partition coefficient (Wildman–Crippen LogP) is 2.92. The number of hydrogen-bond acceptors (Lipinski definition) is 2. The molecule has 130 valence electrons. The first-order valence-electron chi connectivity index (χ1n) is 9.64. The van der Waals surface area contributed by atoms with Crippen LogP contribution in [-0.2, 0) is 9.59 Å². The van der Waals surface area contributed by atoms with Crippen LogP contribution in [0, 0.1) is 23.7 Å². The number of carbonyl (C=O) groups excluding carboxylic acids is 2. The Hall–Kier alpha value is -1.06. The molecule has 0 atom stereocenters. The van der Waals surface area contributed by atoms with Gasteiger partial charge in [0.1, 0.15) is 0 Å². The van der Waals surface area contributed by atoms with Crippen molar-refractivity contribution < 1.29 is 9.59 Å². The molecule has 2 saturated heterocycles. The molecule has 4 heteroatoms. The molecule has 2 aliphatic heterocycles. The molecule has 23 heavy (non-hydrogen) atoms. The van der Waals surface area contributed by atoms with Crippen molar-refractivity contribution in [2.24, 2.45) is 23.7 Å². The minimum absolute atomic E-state index is 0.149. The van der Waals surface area contributed by atoms with Crippen molar-refractivity contribution in [3.05, 3.63) is 0 Å². The number of likely N-dealkylation sites (tertiary alicyclic amines) is 2. The van der Waals surface area contributed by atoms with E-state index < -0.39 is 0 Å². The van der Waals surface area contributed by atoms with Crippen LogP contribution in [-0.4, -0.2) is 47.8 Å². The zero-order valence-corrected chi connectivity index (χ0v) is 14.8. The first-order valence-corrected chi connectivity index (χ1v) is 9.64. The fraction of sp³-hybridized carbons (Fsp3) is 0.895. The second kappa shape index (κ2) is 7.23. The summed E-state index contributed by atoms with van der Waals surface area (Å²) in [6, 6.07) is 0. The van der Waals surface area contributed by atoms with Gasteiger partial charge in [0.2, 0.25) is 11.8 Å². The van der Waals surface area contributed by atoms with Gasteiger partial charge in [-0.3, -0.25) is 9.59 Å². The van der Waals surface area contributed by atoms with Gasteiger partial charge in [-0.25, -0.2) is 0 Å². The summed E-state index contributed by atoms with van der Waals surface area (Å²) in [4.78, 5) is 29.1. The van der Waals surface area contributed by atoms with Crippen molar-refractivity contribution in [1.82, 2.24) is 9.80 Å². The van der Waals surface area contributed by atoms with E-state index in [9.17, 15) is 9.59 Å². The van der Waals surface area contributed by atoms with Crippen LogP contribution < -0.4 is 0 Å². The Morgan fingerprint density at radius 3 is 1.57 bits per heavy atom. The summed E-state index contributed by atoms with van der Waals surface area (Å²) >= 11 is 0. The van der Waals surface area contributed by atoms with E-state index in [4.69, 9.17) is 0 Å². The van der Waals surface area contributed by atoms with Crippen LogP contribution in [0.5, 0.6) is 0 Å². The predicted molar refractivity (Wildman–Crippen MR) is 90.8 cm³/mol. The third-order valence-electron chi connectivity index (χ3n) is 6.40. The van der Waals surface area contributed by atoms with Crippen molar-refractivity contribution >= 4 is 11.8 Å². The van der Waals surface area contributed by atoms with Crippen LogP contribution in [0.25, 0.3) is 0 Å². The number of carbonyl (C=O) groups is 2. The Labute approximate surface area is 140 Å². The minimum atomic E-state index is 0.149. The number of amides is 2. The van der Waals surface area contributed by atoms with Crippen molar-refractivity contribution in [3.63, 3.8) is 0 Å². The molecule has 0 aromatic rings. The number of piperidine rings is 2. The molecule has 3 aliphatic rings. The van der Waals surface area contributed by atoms with Gasteiger partial charge in [0.05, 0.1) is 0 Å². The SMILES string of the molecule is CC(C)C1CCN(C(=O)C2CCN(C(=O)C3CCC3)CC2)CC1. The molecule has 2 heterocycles. The Morgan fingerprint density at radius 1 is 0.739 bits per heavy atom. The highest BCUT2D eigenvalue weighted by Crippen LogP contribution is 2.31. The van der Waals surface area contributed by atoms with Gasteiger partial charge in [-0.2, -0.15) is 0 Å². The van der Waals surface area contributed by atoms with E-state index >= 15 is 0 Å². The lowest BCUT2D eigenvalue weighted by Crippen LogP contribution is -2.48. The van der Waals surface area contributed by atoms with Crippen LogP contribution in [0.2, 0.25) is 0 Å². The zero-order chi connectivity index (χ0) is 16.4. The summed E-state index contributed by atoms with van der Waals surface area (Å²) < 4.78 is 0. The van der Waals surface area contributed by atoms with E-state index in [2.05, 4.69) is 18.7 Å². The Bertz CT molecular complexity index is 429. The first kappa shape index (κ1) is 16.8. The minimum Gasteiger partial charge on any atom is -0.342 e. The van der Waals surface area contributed by atoms with Gasteiger partial charge in [0, 0.05) is 38.0 Å². The molecule has 0 radical (unpaired) electrons. The van der Waals surface area contributed by atoms with Gasteiger partial charge >= 0.3 is 0 Å². The third kappa shape index (κ3) is 3.72. The lowest BCUT2D eigenvalue weighted by Gasteiger charge is -2.39. The normalized spacial score (nSPS) is 24.8. The summed E-state index contributed by atoms with van der Waals surface area (Å²) in [6.45, 7) is 8.02. The maximum absolute atomic E-state index is 12.7. The number of nitrogens with zero attached hydrogens (tertiary/aromatic N) is 2. The van der Waals surface area contributed by atoms with Crippen molar-refractivity contribution in [3.8, 4) is 0 Å². The second-order valence-corrected chi connectivity index (χ2v) is 8.13. The van der Waals surface area contributed by atoms with E-state index in [-0.39, 0.29) is 11.8 Å². The topological polar surface area (TPSA) is 40.6 Å². The average molecular weight is 320 g/mol. The van der Waals surface area contributed by atoms with Gasteiger partial charge in [-0.1, -0.05) is 20.3 Å². The molecular formula is C19H32N2O2. The summed E-state index contributed by atoms with van der Waals surface area (Å²) in [7, 11) is 0. The zero-order valence-electron chi connectivity index (χ0n) is 14.8. The Balaban J connectivity index is 1.44. The van der Waals surface area contributed by atoms with E-state index in [0.717, 1.165) is 76.5 Å². The quantitative estimate of drug-likeness (QED) is 0.802. The van der Waals surface area contributed by atoms with Crippen LogP contribution in [0.15, 0.2) is 0 Å². The summed E-state index contributed by atoms with van der Waals surface area (Å²) in [5.41, 5.74) is 0. The molecule has 0 unspecified atom stereocenters. The smallest absolute Gasteiger partial charge is 0.225 e. The van der Waals surface area contributed by atoms with Crippen molar-refractivity contribution in [2.45, 2.75) is 58.8 Å². The molecule has 0 aromatic heterocycles. The van der Waals surface area contributed by atoms with E-state index in [1.54, 1.807) is 0 Å². The molecule has 3 fully saturated rings. The molecule has 0 aromatic carbocycles. The summed E-state index contributed by atoms with van der Waals surface area (Å²) in [5.74, 6) is 2.64. The summed E-state index contributed by atoms with van der Waals surface area (Å²) in [5, 5.41) is 0. The fourth-order valence-corrected chi connectivity index (χ4v) is 4.30. The van der Waals surface area contributed by atoms with Gasteiger partial charge in [0.15, 0.2) is 0 Å². The Morgan fingerprint density at radius 2 is 1.17 bits per heavy atom.